The Morgan fingerprint density at radius 3 is 2.20 bits per heavy atom. The minimum absolute atomic E-state index is 0.00139. The molecule has 1 aliphatic heterocycles. The maximum atomic E-state index is 13.2. The van der Waals surface area contributed by atoms with E-state index >= 15 is 0 Å². The van der Waals surface area contributed by atoms with Crippen LogP contribution in [0.2, 0.25) is 0 Å². The molecule has 1 N–H and O–H groups in total. The summed E-state index contributed by atoms with van der Waals surface area (Å²) < 4.78 is 56.4. The van der Waals surface area contributed by atoms with E-state index < -0.39 is 20.0 Å². The van der Waals surface area contributed by atoms with Crippen molar-refractivity contribution in [2.45, 2.75) is 36.3 Å². The molecule has 1 saturated heterocycles. The molecule has 0 unspecified atom stereocenters. The Labute approximate surface area is 179 Å². The van der Waals surface area contributed by atoms with Crippen molar-refractivity contribution in [1.82, 2.24) is 23.4 Å². The zero-order chi connectivity index (χ0) is 22.3. The van der Waals surface area contributed by atoms with Crippen LogP contribution in [-0.2, 0) is 31.9 Å². The summed E-state index contributed by atoms with van der Waals surface area (Å²) in [7, 11) is -5.96. The van der Waals surface area contributed by atoms with Crippen molar-refractivity contribution in [2.24, 2.45) is 7.05 Å². The van der Waals surface area contributed by atoms with E-state index in [1.165, 1.54) is 26.4 Å². The Morgan fingerprint density at radius 2 is 1.67 bits per heavy atom. The molecule has 1 amide bonds. The summed E-state index contributed by atoms with van der Waals surface area (Å²) in [6.07, 6.45) is 1.56. The van der Waals surface area contributed by atoms with Crippen LogP contribution in [0.4, 0.5) is 5.13 Å². The van der Waals surface area contributed by atoms with Crippen LogP contribution in [0.25, 0.3) is 0 Å². The average Bonchev–Trinajstić information content (AvgIpc) is 3.08. The van der Waals surface area contributed by atoms with Gasteiger partial charge in [0.05, 0.1) is 17.6 Å². The van der Waals surface area contributed by atoms with Crippen LogP contribution in [0.5, 0.6) is 0 Å². The lowest BCUT2D eigenvalue weighted by Crippen LogP contribution is -2.37. The molecule has 3 rings (SSSR count). The third-order valence-corrected chi connectivity index (χ3v) is 10.2. The standard InChI is InChI=1S/C16H24N6O5S3/c1-11-15(12(2)20(4)19-11)30(26,27)22-7-5-6-21(8-9-22)29(24,25)14-10-17-16(28-14)18-13(3)23/h10H,5-9H2,1-4H3,(H,17,18,23). The van der Waals surface area contributed by atoms with Gasteiger partial charge in [0.2, 0.25) is 15.9 Å². The molecule has 0 aliphatic carbocycles. The van der Waals surface area contributed by atoms with Crippen molar-refractivity contribution in [3.05, 3.63) is 17.6 Å². The number of thiazole rings is 1. The molecule has 0 radical (unpaired) electrons. The predicted octanol–water partition coefficient (Wildman–Crippen LogP) is 0.537. The lowest BCUT2D eigenvalue weighted by Gasteiger charge is -2.21. The smallest absolute Gasteiger partial charge is 0.254 e. The van der Waals surface area contributed by atoms with Crippen LogP contribution in [-0.4, -0.2) is 72.3 Å². The van der Waals surface area contributed by atoms with Crippen molar-refractivity contribution >= 4 is 42.4 Å². The zero-order valence-corrected chi connectivity index (χ0v) is 19.6. The van der Waals surface area contributed by atoms with Gasteiger partial charge < -0.3 is 5.32 Å². The van der Waals surface area contributed by atoms with Gasteiger partial charge in [-0.2, -0.15) is 13.7 Å². The monoisotopic (exact) mass is 476 g/mol. The van der Waals surface area contributed by atoms with E-state index in [0.29, 0.717) is 17.8 Å². The van der Waals surface area contributed by atoms with E-state index in [4.69, 9.17) is 0 Å². The topological polar surface area (TPSA) is 135 Å². The molecule has 0 saturated carbocycles. The van der Waals surface area contributed by atoms with Gasteiger partial charge in [-0.05, 0) is 20.3 Å². The fourth-order valence-corrected chi connectivity index (χ4v) is 7.89. The highest BCUT2D eigenvalue weighted by Gasteiger charge is 2.35. The first-order chi connectivity index (χ1) is 13.9. The molecule has 11 nitrogen and oxygen atoms in total. The molecule has 2 aromatic rings. The number of anilines is 1. The number of aromatic nitrogens is 3. The summed E-state index contributed by atoms with van der Waals surface area (Å²) in [4.78, 5) is 15.2. The molecule has 3 heterocycles. The highest BCUT2D eigenvalue weighted by molar-refractivity contribution is 7.91. The highest BCUT2D eigenvalue weighted by atomic mass is 32.2. The van der Waals surface area contributed by atoms with Gasteiger partial charge in [-0.1, -0.05) is 11.3 Å². The number of amides is 1. The van der Waals surface area contributed by atoms with Crippen molar-refractivity contribution in [1.29, 1.82) is 0 Å². The minimum atomic E-state index is -3.85. The normalized spacial score (nSPS) is 17.1. The summed E-state index contributed by atoms with van der Waals surface area (Å²) in [6.45, 7) is 5.10. The first-order valence-corrected chi connectivity index (χ1v) is 12.9. The van der Waals surface area contributed by atoms with E-state index in [-0.39, 0.29) is 46.3 Å². The number of sulfonamides is 2. The molecule has 0 spiro atoms. The van der Waals surface area contributed by atoms with Gasteiger partial charge in [0, 0.05) is 40.2 Å². The first-order valence-electron chi connectivity index (χ1n) is 9.18. The third kappa shape index (κ3) is 4.27. The Kier molecular flexibility index (Phi) is 6.34. The van der Waals surface area contributed by atoms with Gasteiger partial charge in [0.15, 0.2) is 9.34 Å². The summed E-state index contributed by atoms with van der Waals surface area (Å²) in [5, 5.41) is 6.84. The number of hydrogen-bond donors (Lipinski definition) is 1. The van der Waals surface area contributed by atoms with Crippen LogP contribution in [0, 0.1) is 13.8 Å². The maximum Gasteiger partial charge on any atom is 0.254 e. The number of carbonyl (C=O) groups excluding carboxylic acids is 1. The number of rotatable bonds is 5. The lowest BCUT2D eigenvalue weighted by atomic mass is 10.4. The molecule has 166 valence electrons. The Bertz CT molecular complexity index is 1170. The van der Waals surface area contributed by atoms with Crippen LogP contribution < -0.4 is 5.32 Å². The molecule has 30 heavy (non-hydrogen) atoms. The van der Waals surface area contributed by atoms with Gasteiger partial charge in [-0.25, -0.2) is 21.8 Å². The van der Waals surface area contributed by atoms with Gasteiger partial charge in [-0.3, -0.25) is 9.48 Å². The summed E-state index contributed by atoms with van der Waals surface area (Å²) in [5.41, 5.74) is 0.954. The van der Waals surface area contributed by atoms with E-state index in [0.717, 1.165) is 11.3 Å². The summed E-state index contributed by atoms with van der Waals surface area (Å²) in [6, 6.07) is 0. The first kappa shape index (κ1) is 22.8. The predicted molar refractivity (Wildman–Crippen MR) is 111 cm³/mol. The Morgan fingerprint density at radius 1 is 1.07 bits per heavy atom. The number of hydrogen-bond acceptors (Lipinski definition) is 8. The number of aryl methyl sites for hydroxylation is 2. The molecule has 0 bridgehead atoms. The summed E-state index contributed by atoms with van der Waals surface area (Å²) >= 11 is 0.863. The van der Waals surface area contributed by atoms with Crippen molar-refractivity contribution in [3.8, 4) is 0 Å². The second-order valence-electron chi connectivity index (χ2n) is 6.95. The van der Waals surface area contributed by atoms with Crippen LogP contribution in [0.1, 0.15) is 24.7 Å². The molecule has 0 aromatic carbocycles. The molecular weight excluding hydrogens is 452 g/mol. The maximum absolute atomic E-state index is 13.2. The van der Waals surface area contributed by atoms with Gasteiger partial charge in [0.1, 0.15) is 4.90 Å². The van der Waals surface area contributed by atoms with E-state index in [2.05, 4.69) is 15.4 Å². The Hall–Kier alpha value is -1.87. The Balaban J connectivity index is 1.80. The molecular formula is C16H24N6O5S3. The van der Waals surface area contributed by atoms with Crippen molar-refractivity contribution in [3.63, 3.8) is 0 Å². The molecule has 1 aliphatic rings. The second kappa shape index (κ2) is 8.34. The quantitative estimate of drug-likeness (QED) is 0.665. The molecule has 0 atom stereocenters. The SMILES string of the molecule is CC(=O)Nc1ncc(S(=O)(=O)N2CCCN(S(=O)(=O)c3c(C)nn(C)c3C)CC2)s1. The fraction of sp³-hybridized carbons (Fsp3) is 0.562. The number of nitrogens with zero attached hydrogens (tertiary/aromatic N) is 5. The highest BCUT2D eigenvalue weighted by Crippen LogP contribution is 2.28. The third-order valence-electron chi connectivity index (χ3n) is 4.82. The molecule has 2 aromatic heterocycles. The van der Waals surface area contributed by atoms with Crippen molar-refractivity contribution < 1.29 is 21.6 Å². The lowest BCUT2D eigenvalue weighted by molar-refractivity contribution is -0.114. The molecule has 1 fully saturated rings. The van der Waals surface area contributed by atoms with E-state index in [1.807, 2.05) is 0 Å². The zero-order valence-electron chi connectivity index (χ0n) is 17.1. The average molecular weight is 477 g/mol. The summed E-state index contributed by atoms with van der Waals surface area (Å²) in [5.74, 6) is -0.343. The largest absolute Gasteiger partial charge is 0.302 e. The molecule has 14 heteroatoms. The minimum Gasteiger partial charge on any atom is -0.302 e. The van der Waals surface area contributed by atoms with Gasteiger partial charge >= 0.3 is 0 Å². The van der Waals surface area contributed by atoms with E-state index in [1.54, 1.807) is 20.9 Å². The van der Waals surface area contributed by atoms with E-state index in [9.17, 15) is 21.6 Å². The van der Waals surface area contributed by atoms with Crippen molar-refractivity contribution in [2.75, 3.05) is 31.5 Å². The van der Waals surface area contributed by atoms with Crippen LogP contribution >= 0.6 is 11.3 Å². The second-order valence-corrected chi connectivity index (χ2v) is 12.0. The fourth-order valence-electron chi connectivity index (χ4n) is 3.32. The van der Waals surface area contributed by atoms with Gasteiger partial charge in [-0.15, -0.1) is 0 Å². The number of nitrogens with one attached hydrogen (secondary N) is 1. The van der Waals surface area contributed by atoms with Gasteiger partial charge in [0.25, 0.3) is 10.0 Å². The van der Waals surface area contributed by atoms with Crippen LogP contribution in [0.3, 0.4) is 0 Å². The van der Waals surface area contributed by atoms with Crippen LogP contribution in [0.15, 0.2) is 15.3 Å². The number of carbonyl (C=O) groups is 1.